The van der Waals surface area contributed by atoms with Crippen LogP contribution in [0.4, 0.5) is 0 Å². The van der Waals surface area contributed by atoms with Crippen LogP contribution in [-0.2, 0) is 4.79 Å². The summed E-state index contributed by atoms with van der Waals surface area (Å²) in [5.41, 5.74) is 0. The van der Waals surface area contributed by atoms with Gasteiger partial charge in [-0.3, -0.25) is 9.79 Å². The minimum Gasteiger partial charge on any atom is -0.368 e. The maximum absolute atomic E-state index is 10.1. The third kappa shape index (κ3) is 4.06. The maximum Gasteiger partial charge on any atom is 0.184 e. The second-order valence-electron chi connectivity index (χ2n) is 2.01. The predicted molar refractivity (Wildman–Crippen MR) is 42.3 cm³/mol. The molecule has 0 radical (unpaired) electrons. The first-order valence-electron chi connectivity index (χ1n) is 3.51. The summed E-state index contributed by atoms with van der Waals surface area (Å²) in [6.07, 6.45) is 2.94. The van der Waals surface area contributed by atoms with Crippen LogP contribution in [0.1, 0.15) is 19.8 Å². The number of hydrogen-bond donors (Lipinski definition) is 1. The molecular formula is C7H14N2O. The molecule has 3 heteroatoms. The quantitative estimate of drug-likeness (QED) is 0.270. The fraction of sp³-hybridized carbons (Fsp3) is 0.714. The van der Waals surface area contributed by atoms with Crippen LogP contribution in [0.3, 0.4) is 0 Å². The number of nitrogens with one attached hydrogen (secondary N) is 1. The monoisotopic (exact) mass is 142 g/mol. The highest BCUT2D eigenvalue weighted by molar-refractivity contribution is 6.26. The molecule has 0 saturated carbocycles. The molecule has 0 spiro atoms. The van der Waals surface area contributed by atoms with Crippen molar-refractivity contribution in [3.8, 4) is 0 Å². The average molecular weight is 142 g/mol. The van der Waals surface area contributed by atoms with Crippen LogP contribution in [0, 0.1) is 0 Å². The van der Waals surface area contributed by atoms with Crippen molar-refractivity contribution in [2.45, 2.75) is 19.8 Å². The van der Waals surface area contributed by atoms with Gasteiger partial charge in [-0.15, -0.1) is 0 Å². The van der Waals surface area contributed by atoms with E-state index < -0.39 is 0 Å². The molecule has 0 rings (SSSR count). The minimum absolute atomic E-state index is 0.438. The fourth-order valence-corrected chi connectivity index (χ4v) is 0.567. The Morgan fingerprint density at radius 1 is 1.70 bits per heavy atom. The standard InChI is InChI=1S/C7H14N2O/c1-3-4-5-9-7(6-10)8-2/h6H,3-5H2,1-2H3,(H,8,9). The van der Waals surface area contributed by atoms with Crippen LogP contribution in [0.5, 0.6) is 0 Å². The van der Waals surface area contributed by atoms with Crippen LogP contribution in [0.15, 0.2) is 4.99 Å². The smallest absolute Gasteiger partial charge is 0.184 e. The molecule has 0 saturated heterocycles. The summed E-state index contributed by atoms with van der Waals surface area (Å²) in [6, 6.07) is 0. The Bertz CT molecular complexity index is 121. The van der Waals surface area contributed by atoms with Crippen molar-refractivity contribution in [3.63, 3.8) is 0 Å². The minimum atomic E-state index is 0.438. The third-order valence-electron chi connectivity index (χ3n) is 1.19. The zero-order valence-electron chi connectivity index (χ0n) is 6.55. The molecule has 0 aromatic rings. The molecule has 0 atom stereocenters. The van der Waals surface area contributed by atoms with E-state index in [2.05, 4.69) is 17.2 Å². The summed E-state index contributed by atoms with van der Waals surface area (Å²) in [6.45, 7) is 2.94. The van der Waals surface area contributed by atoms with Gasteiger partial charge < -0.3 is 5.32 Å². The number of rotatable bonds is 4. The second-order valence-corrected chi connectivity index (χ2v) is 2.01. The van der Waals surface area contributed by atoms with Crippen molar-refractivity contribution in [1.82, 2.24) is 5.32 Å². The van der Waals surface area contributed by atoms with Crippen molar-refractivity contribution in [2.75, 3.05) is 13.6 Å². The van der Waals surface area contributed by atoms with E-state index in [9.17, 15) is 4.79 Å². The number of carbonyl (C=O) groups is 1. The molecule has 0 unspecified atom stereocenters. The van der Waals surface area contributed by atoms with Gasteiger partial charge >= 0.3 is 0 Å². The van der Waals surface area contributed by atoms with Crippen molar-refractivity contribution in [2.24, 2.45) is 4.99 Å². The van der Waals surface area contributed by atoms with Gasteiger partial charge in [0.15, 0.2) is 12.1 Å². The molecule has 58 valence electrons. The molecule has 1 N–H and O–H groups in total. The Balaban J connectivity index is 3.36. The van der Waals surface area contributed by atoms with Gasteiger partial charge in [0.2, 0.25) is 0 Å². The molecule has 0 amide bonds. The SMILES string of the molecule is CCCCNC(C=O)=NC. The van der Waals surface area contributed by atoms with Crippen LogP contribution < -0.4 is 5.32 Å². The molecule has 0 heterocycles. The van der Waals surface area contributed by atoms with Gasteiger partial charge in [0.05, 0.1) is 0 Å². The summed E-state index contributed by atoms with van der Waals surface area (Å²) in [7, 11) is 1.60. The van der Waals surface area contributed by atoms with Crippen LogP contribution in [-0.4, -0.2) is 25.7 Å². The van der Waals surface area contributed by atoms with E-state index in [1.165, 1.54) is 0 Å². The first-order chi connectivity index (χ1) is 4.85. The van der Waals surface area contributed by atoms with Gasteiger partial charge in [0.25, 0.3) is 0 Å². The molecular weight excluding hydrogens is 128 g/mol. The Labute approximate surface area is 61.5 Å². The van der Waals surface area contributed by atoms with Gasteiger partial charge in [0, 0.05) is 13.6 Å². The van der Waals surface area contributed by atoms with Crippen molar-refractivity contribution in [1.29, 1.82) is 0 Å². The lowest BCUT2D eigenvalue weighted by atomic mass is 10.3. The maximum atomic E-state index is 10.1. The zero-order chi connectivity index (χ0) is 7.82. The van der Waals surface area contributed by atoms with E-state index in [1.54, 1.807) is 7.05 Å². The molecule has 0 aliphatic heterocycles. The highest BCUT2D eigenvalue weighted by Crippen LogP contribution is 1.81. The van der Waals surface area contributed by atoms with E-state index in [1.807, 2.05) is 0 Å². The summed E-state index contributed by atoms with van der Waals surface area (Å²) in [5.74, 6) is 0.438. The highest BCUT2D eigenvalue weighted by atomic mass is 16.1. The fourth-order valence-electron chi connectivity index (χ4n) is 0.567. The first-order valence-corrected chi connectivity index (χ1v) is 3.51. The van der Waals surface area contributed by atoms with Gasteiger partial charge in [-0.2, -0.15) is 0 Å². The van der Waals surface area contributed by atoms with Gasteiger partial charge in [-0.1, -0.05) is 13.3 Å². The van der Waals surface area contributed by atoms with Gasteiger partial charge in [0.1, 0.15) is 0 Å². The van der Waals surface area contributed by atoms with Crippen LogP contribution in [0.25, 0.3) is 0 Å². The zero-order valence-corrected chi connectivity index (χ0v) is 6.55. The second kappa shape index (κ2) is 6.26. The molecule has 0 aromatic carbocycles. The van der Waals surface area contributed by atoms with Gasteiger partial charge in [-0.05, 0) is 6.42 Å². The number of hydrogen-bond acceptors (Lipinski definition) is 2. The normalized spacial score (nSPS) is 11.2. The lowest BCUT2D eigenvalue weighted by Gasteiger charge is -2.00. The van der Waals surface area contributed by atoms with E-state index >= 15 is 0 Å². The third-order valence-corrected chi connectivity index (χ3v) is 1.19. The summed E-state index contributed by atoms with van der Waals surface area (Å²) < 4.78 is 0. The molecule has 3 nitrogen and oxygen atoms in total. The topological polar surface area (TPSA) is 41.5 Å². The average Bonchev–Trinajstić information content (AvgIpc) is 1.99. The van der Waals surface area contributed by atoms with E-state index in [-0.39, 0.29) is 0 Å². The molecule has 0 aromatic heterocycles. The predicted octanol–water partition coefficient (Wildman–Crippen LogP) is 0.603. The number of unbranched alkanes of at least 4 members (excludes halogenated alkanes) is 1. The van der Waals surface area contributed by atoms with E-state index in [4.69, 9.17) is 0 Å². The van der Waals surface area contributed by atoms with Crippen molar-refractivity contribution < 1.29 is 4.79 Å². The van der Waals surface area contributed by atoms with Gasteiger partial charge in [-0.25, -0.2) is 0 Å². The molecule has 0 bridgehead atoms. The highest BCUT2D eigenvalue weighted by Gasteiger charge is 1.90. The number of amidine groups is 1. The largest absolute Gasteiger partial charge is 0.368 e. The number of carbonyl (C=O) groups excluding carboxylic acids is 1. The van der Waals surface area contributed by atoms with E-state index in [0.717, 1.165) is 25.7 Å². The molecule has 0 aliphatic rings. The Hall–Kier alpha value is -0.860. The number of aldehydes is 1. The Kier molecular flexibility index (Phi) is 5.72. The molecule has 10 heavy (non-hydrogen) atoms. The van der Waals surface area contributed by atoms with Crippen molar-refractivity contribution in [3.05, 3.63) is 0 Å². The first kappa shape index (κ1) is 9.14. The van der Waals surface area contributed by atoms with Crippen molar-refractivity contribution >= 4 is 12.1 Å². The number of nitrogens with zero attached hydrogens (tertiary/aromatic N) is 1. The van der Waals surface area contributed by atoms with Crippen LogP contribution >= 0.6 is 0 Å². The summed E-state index contributed by atoms with van der Waals surface area (Å²) >= 11 is 0. The Morgan fingerprint density at radius 3 is 2.80 bits per heavy atom. The summed E-state index contributed by atoms with van der Waals surface area (Å²) in [4.78, 5) is 13.9. The Morgan fingerprint density at radius 2 is 2.40 bits per heavy atom. The molecule has 0 fully saturated rings. The number of aliphatic imine (C=N–C) groups is 1. The summed E-state index contributed by atoms with van der Waals surface area (Å²) in [5, 5.41) is 2.90. The van der Waals surface area contributed by atoms with E-state index in [0.29, 0.717) is 5.84 Å². The van der Waals surface area contributed by atoms with Crippen LogP contribution in [0.2, 0.25) is 0 Å². The lowest BCUT2D eigenvalue weighted by Crippen LogP contribution is -2.25. The lowest BCUT2D eigenvalue weighted by molar-refractivity contribution is -0.102. The molecule has 0 aliphatic carbocycles.